The molecule has 64 valence electrons. The van der Waals surface area contributed by atoms with Crippen molar-refractivity contribution in [1.82, 2.24) is 5.32 Å². The Morgan fingerprint density at radius 3 is 2.09 bits per heavy atom. The van der Waals surface area contributed by atoms with E-state index in [2.05, 4.69) is 32.7 Å². The van der Waals surface area contributed by atoms with Gasteiger partial charge in [-0.2, -0.15) is 0 Å². The first-order chi connectivity index (χ1) is 4.88. The van der Waals surface area contributed by atoms with E-state index in [0.717, 1.165) is 11.4 Å². The Kier molecular flexibility index (Phi) is 3.37. The molecule has 11 heavy (non-hydrogen) atoms. The highest BCUT2D eigenvalue weighted by molar-refractivity contribution is 5.10. The molecular formula is C10H19N. The Labute approximate surface area is 70.2 Å². The van der Waals surface area contributed by atoms with Gasteiger partial charge in [-0.15, -0.1) is 0 Å². The standard InChI is InChI=1S/C10H19N/c1-7-8(2)11-9(3)10(4,5)6/h7,11H,3H2,1-2,4-6H3/b8-7+. The van der Waals surface area contributed by atoms with Gasteiger partial charge in [0.25, 0.3) is 0 Å². The van der Waals surface area contributed by atoms with E-state index < -0.39 is 0 Å². The first-order valence-corrected chi connectivity index (χ1v) is 3.97. The normalized spacial score (nSPS) is 13.0. The van der Waals surface area contributed by atoms with Crippen LogP contribution < -0.4 is 5.32 Å². The number of nitrogens with one attached hydrogen (secondary N) is 1. The molecule has 0 spiro atoms. The van der Waals surface area contributed by atoms with Gasteiger partial charge in [-0.3, -0.25) is 0 Å². The van der Waals surface area contributed by atoms with Gasteiger partial charge in [0.1, 0.15) is 0 Å². The summed E-state index contributed by atoms with van der Waals surface area (Å²) < 4.78 is 0. The van der Waals surface area contributed by atoms with Crippen molar-refractivity contribution in [3.8, 4) is 0 Å². The van der Waals surface area contributed by atoms with E-state index in [9.17, 15) is 0 Å². The van der Waals surface area contributed by atoms with E-state index >= 15 is 0 Å². The molecule has 0 saturated carbocycles. The van der Waals surface area contributed by atoms with Crippen LogP contribution in [0.1, 0.15) is 34.6 Å². The third-order valence-electron chi connectivity index (χ3n) is 1.69. The molecule has 0 aliphatic heterocycles. The Hall–Kier alpha value is -0.720. The first-order valence-electron chi connectivity index (χ1n) is 3.97. The summed E-state index contributed by atoms with van der Waals surface area (Å²) in [5, 5.41) is 3.24. The molecular weight excluding hydrogens is 134 g/mol. The van der Waals surface area contributed by atoms with E-state index in [1.54, 1.807) is 0 Å². The van der Waals surface area contributed by atoms with Crippen molar-refractivity contribution < 1.29 is 0 Å². The molecule has 0 rings (SSSR count). The Morgan fingerprint density at radius 1 is 1.36 bits per heavy atom. The minimum atomic E-state index is 0.143. The average Bonchev–Trinajstić information content (AvgIpc) is 1.85. The summed E-state index contributed by atoms with van der Waals surface area (Å²) in [6.45, 7) is 14.4. The van der Waals surface area contributed by atoms with Crippen LogP contribution in [0.3, 0.4) is 0 Å². The molecule has 0 aliphatic rings. The predicted molar refractivity (Wildman–Crippen MR) is 51.2 cm³/mol. The number of hydrogen-bond acceptors (Lipinski definition) is 1. The lowest BCUT2D eigenvalue weighted by molar-refractivity contribution is 0.476. The molecule has 0 atom stereocenters. The van der Waals surface area contributed by atoms with Crippen molar-refractivity contribution in [2.45, 2.75) is 34.6 Å². The molecule has 1 heteroatoms. The second-order valence-electron chi connectivity index (χ2n) is 3.83. The minimum Gasteiger partial charge on any atom is -0.363 e. The van der Waals surface area contributed by atoms with Gasteiger partial charge in [0, 0.05) is 16.8 Å². The largest absolute Gasteiger partial charge is 0.363 e. The second kappa shape index (κ2) is 3.61. The van der Waals surface area contributed by atoms with Crippen molar-refractivity contribution in [3.05, 3.63) is 24.0 Å². The van der Waals surface area contributed by atoms with Crippen LogP contribution in [0.25, 0.3) is 0 Å². The van der Waals surface area contributed by atoms with Crippen LogP contribution in [-0.4, -0.2) is 0 Å². The van der Waals surface area contributed by atoms with Crippen molar-refractivity contribution in [2.24, 2.45) is 5.41 Å². The molecule has 0 fully saturated rings. The highest BCUT2D eigenvalue weighted by Gasteiger charge is 2.13. The smallest absolute Gasteiger partial charge is 0.0130 e. The molecule has 0 heterocycles. The topological polar surface area (TPSA) is 12.0 Å². The molecule has 0 bridgehead atoms. The van der Waals surface area contributed by atoms with Gasteiger partial charge >= 0.3 is 0 Å². The summed E-state index contributed by atoms with van der Waals surface area (Å²) in [6.07, 6.45) is 2.04. The molecule has 0 aromatic carbocycles. The molecule has 0 unspecified atom stereocenters. The maximum Gasteiger partial charge on any atom is 0.0130 e. The summed E-state index contributed by atoms with van der Waals surface area (Å²) in [5.74, 6) is 0. The maximum atomic E-state index is 3.96. The fourth-order valence-electron chi connectivity index (χ4n) is 0.498. The van der Waals surface area contributed by atoms with Gasteiger partial charge in [-0.05, 0) is 13.8 Å². The van der Waals surface area contributed by atoms with E-state index in [0.29, 0.717) is 0 Å². The van der Waals surface area contributed by atoms with Crippen molar-refractivity contribution in [3.63, 3.8) is 0 Å². The lowest BCUT2D eigenvalue weighted by Crippen LogP contribution is -2.21. The van der Waals surface area contributed by atoms with Crippen LogP contribution in [0.5, 0.6) is 0 Å². The Morgan fingerprint density at radius 2 is 1.82 bits per heavy atom. The summed E-state index contributed by atoms with van der Waals surface area (Å²) in [5.41, 5.74) is 2.36. The zero-order valence-corrected chi connectivity index (χ0v) is 8.28. The first kappa shape index (κ1) is 10.3. The third kappa shape index (κ3) is 3.87. The van der Waals surface area contributed by atoms with Crippen LogP contribution in [-0.2, 0) is 0 Å². The maximum absolute atomic E-state index is 3.96. The van der Waals surface area contributed by atoms with E-state index in [1.165, 1.54) is 0 Å². The molecule has 1 N–H and O–H groups in total. The van der Waals surface area contributed by atoms with E-state index in [1.807, 2.05) is 19.9 Å². The minimum absolute atomic E-state index is 0.143. The van der Waals surface area contributed by atoms with E-state index in [4.69, 9.17) is 0 Å². The van der Waals surface area contributed by atoms with Crippen LogP contribution in [0.4, 0.5) is 0 Å². The second-order valence-corrected chi connectivity index (χ2v) is 3.83. The molecule has 1 nitrogen and oxygen atoms in total. The highest BCUT2D eigenvalue weighted by atomic mass is 14.9. The molecule has 0 radical (unpaired) electrons. The molecule has 0 amide bonds. The lowest BCUT2D eigenvalue weighted by atomic mass is 9.93. The van der Waals surface area contributed by atoms with E-state index in [-0.39, 0.29) is 5.41 Å². The van der Waals surface area contributed by atoms with Gasteiger partial charge in [0.15, 0.2) is 0 Å². The average molecular weight is 153 g/mol. The Balaban J connectivity index is 4.10. The quantitative estimate of drug-likeness (QED) is 0.643. The highest BCUT2D eigenvalue weighted by Crippen LogP contribution is 2.21. The fourth-order valence-corrected chi connectivity index (χ4v) is 0.498. The monoisotopic (exact) mass is 153 g/mol. The van der Waals surface area contributed by atoms with Crippen LogP contribution in [0.2, 0.25) is 0 Å². The number of hydrogen-bond donors (Lipinski definition) is 1. The Bertz CT molecular complexity index is 170. The summed E-state index contributed by atoms with van der Waals surface area (Å²) in [4.78, 5) is 0. The van der Waals surface area contributed by atoms with Crippen molar-refractivity contribution in [1.29, 1.82) is 0 Å². The summed E-state index contributed by atoms with van der Waals surface area (Å²) in [7, 11) is 0. The number of allylic oxidation sites excluding steroid dienone is 3. The van der Waals surface area contributed by atoms with Gasteiger partial charge in [0.05, 0.1) is 0 Å². The zero-order chi connectivity index (χ0) is 9.07. The third-order valence-corrected chi connectivity index (χ3v) is 1.69. The molecule has 0 aromatic rings. The van der Waals surface area contributed by atoms with Crippen molar-refractivity contribution in [2.75, 3.05) is 0 Å². The van der Waals surface area contributed by atoms with Gasteiger partial charge in [0.2, 0.25) is 0 Å². The van der Waals surface area contributed by atoms with Gasteiger partial charge < -0.3 is 5.32 Å². The molecule has 0 aliphatic carbocycles. The predicted octanol–water partition coefficient (Wildman–Crippen LogP) is 3.06. The van der Waals surface area contributed by atoms with Gasteiger partial charge in [-0.25, -0.2) is 0 Å². The number of rotatable bonds is 2. The molecule has 0 aromatic heterocycles. The SMILES string of the molecule is C=C(N/C(C)=C/C)C(C)(C)C. The van der Waals surface area contributed by atoms with Gasteiger partial charge in [-0.1, -0.05) is 33.4 Å². The van der Waals surface area contributed by atoms with Crippen LogP contribution in [0, 0.1) is 5.41 Å². The fraction of sp³-hybridized carbons (Fsp3) is 0.600. The summed E-state index contributed by atoms with van der Waals surface area (Å²) in [6, 6.07) is 0. The molecule has 0 saturated heterocycles. The van der Waals surface area contributed by atoms with Crippen LogP contribution in [0.15, 0.2) is 24.0 Å². The summed E-state index contributed by atoms with van der Waals surface area (Å²) >= 11 is 0. The van der Waals surface area contributed by atoms with Crippen LogP contribution >= 0.6 is 0 Å². The zero-order valence-electron chi connectivity index (χ0n) is 8.28. The lowest BCUT2D eigenvalue weighted by Gasteiger charge is -2.23. The van der Waals surface area contributed by atoms with Crippen molar-refractivity contribution >= 4 is 0 Å².